The number of piperidine rings is 1. The van der Waals surface area contributed by atoms with Crippen LogP contribution in [0.2, 0.25) is 0 Å². The van der Waals surface area contributed by atoms with Crippen LogP contribution in [0.15, 0.2) is 48.5 Å². The number of ether oxygens (including phenoxy) is 1. The molecule has 1 fully saturated rings. The highest BCUT2D eigenvalue weighted by Crippen LogP contribution is 2.18. The van der Waals surface area contributed by atoms with Gasteiger partial charge in [-0.25, -0.2) is 4.79 Å². The molecule has 2 N–H and O–H groups in total. The highest BCUT2D eigenvalue weighted by molar-refractivity contribution is 5.89. The molecule has 126 valence electrons. The predicted molar refractivity (Wildman–Crippen MR) is 95.7 cm³/mol. The molecule has 4 nitrogen and oxygen atoms in total. The van der Waals surface area contributed by atoms with E-state index in [0.717, 1.165) is 43.7 Å². The highest BCUT2D eigenvalue weighted by Gasteiger charge is 2.22. The lowest BCUT2D eigenvalue weighted by molar-refractivity contribution is 0.0104. The summed E-state index contributed by atoms with van der Waals surface area (Å²) in [5.41, 5.74) is 9.54. The van der Waals surface area contributed by atoms with Crippen molar-refractivity contribution < 1.29 is 9.53 Å². The van der Waals surface area contributed by atoms with Crippen molar-refractivity contribution in [2.75, 3.05) is 18.8 Å². The number of benzene rings is 2. The summed E-state index contributed by atoms with van der Waals surface area (Å²) in [5.74, 6) is -0.216. The van der Waals surface area contributed by atoms with E-state index >= 15 is 0 Å². The zero-order valence-corrected chi connectivity index (χ0v) is 14.1. The lowest BCUT2D eigenvalue weighted by atomic mass is 10.1. The Bertz CT molecular complexity index is 672. The lowest BCUT2D eigenvalue weighted by Crippen LogP contribution is -2.37. The fraction of sp³-hybridized carbons (Fsp3) is 0.350. The smallest absolute Gasteiger partial charge is 0.338 e. The monoisotopic (exact) mass is 324 g/mol. The van der Waals surface area contributed by atoms with Gasteiger partial charge in [0.2, 0.25) is 0 Å². The molecular weight excluding hydrogens is 300 g/mol. The van der Waals surface area contributed by atoms with Crippen molar-refractivity contribution in [2.24, 2.45) is 0 Å². The van der Waals surface area contributed by atoms with Gasteiger partial charge in [-0.05, 0) is 49.6 Å². The molecule has 0 unspecified atom stereocenters. The highest BCUT2D eigenvalue weighted by atomic mass is 16.5. The van der Waals surface area contributed by atoms with Crippen LogP contribution >= 0.6 is 0 Å². The van der Waals surface area contributed by atoms with Gasteiger partial charge in [0.05, 0.1) is 5.56 Å². The number of anilines is 1. The van der Waals surface area contributed by atoms with Crippen molar-refractivity contribution in [3.8, 4) is 0 Å². The van der Waals surface area contributed by atoms with Crippen molar-refractivity contribution >= 4 is 11.7 Å². The molecule has 0 bridgehead atoms. The third kappa shape index (κ3) is 4.36. The molecule has 0 saturated carbocycles. The Balaban J connectivity index is 1.47. The molecule has 0 aromatic heterocycles. The number of esters is 1. The van der Waals surface area contributed by atoms with Crippen LogP contribution in [-0.4, -0.2) is 30.1 Å². The maximum absolute atomic E-state index is 12.2. The summed E-state index contributed by atoms with van der Waals surface area (Å²) >= 11 is 0. The lowest BCUT2D eigenvalue weighted by Gasteiger charge is -2.31. The minimum Gasteiger partial charge on any atom is -0.459 e. The maximum Gasteiger partial charge on any atom is 0.338 e. The first-order valence-corrected chi connectivity index (χ1v) is 8.44. The van der Waals surface area contributed by atoms with Gasteiger partial charge in [-0.15, -0.1) is 0 Å². The van der Waals surface area contributed by atoms with Crippen molar-refractivity contribution in [1.29, 1.82) is 0 Å². The maximum atomic E-state index is 12.2. The Kier molecular flexibility index (Phi) is 5.16. The Labute approximate surface area is 143 Å². The summed E-state index contributed by atoms with van der Waals surface area (Å²) in [6.45, 7) is 4.80. The number of aryl methyl sites for hydroxylation is 1. The molecule has 1 heterocycles. The van der Waals surface area contributed by atoms with Gasteiger partial charge in [0, 0.05) is 25.3 Å². The van der Waals surface area contributed by atoms with Crippen LogP contribution in [0.4, 0.5) is 5.69 Å². The average molecular weight is 324 g/mol. The Morgan fingerprint density at radius 2 is 1.71 bits per heavy atom. The van der Waals surface area contributed by atoms with E-state index < -0.39 is 0 Å². The first-order valence-electron chi connectivity index (χ1n) is 8.44. The number of hydrogen-bond donors (Lipinski definition) is 1. The minimum absolute atomic E-state index is 0.0153. The van der Waals surface area contributed by atoms with Crippen molar-refractivity contribution in [2.45, 2.75) is 32.4 Å². The van der Waals surface area contributed by atoms with E-state index in [4.69, 9.17) is 10.5 Å². The molecular formula is C20H24N2O2. The number of carbonyl (C=O) groups is 1. The van der Waals surface area contributed by atoms with Crippen LogP contribution in [0.25, 0.3) is 0 Å². The molecule has 0 radical (unpaired) electrons. The SMILES string of the molecule is Cc1ccc(C(=O)OC2CCN(Cc3ccc(N)cc3)CC2)cc1. The van der Waals surface area contributed by atoms with Crippen LogP contribution in [0, 0.1) is 6.92 Å². The van der Waals surface area contributed by atoms with E-state index in [1.165, 1.54) is 5.56 Å². The quantitative estimate of drug-likeness (QED) is 0.692. The fourth-order valence-electron chi connectivity index (χ4n) is 2.98. The molecule has 2 aromatic carbocycles. The third-order valence-electron chi connectivity index (χ3n) is 4.48. The standard InChI is InChI=1S/C20H24N2O2/c1-15-2-6-17(7-3-15)20(23)24-19-10-12-22(13-11-19)14-16-4-8-18(21)9-5-16/h2-9,19H,10-14,21H2,1H3. The van der Waals surface area contributed by atoms with Gasteiger partial charge in [0.15, 0.2) is 0 Å². The molecule has 2 aromatic rings. The van der Waals surface area contributed by atoms with Crippen LogP contribution < -0.4 is 5.73 Å². The van der Waals surface area contributed by atoms with Gasteiger partial charge in [-0.2, -0.15) is 0 Å². The van der Waals surface area contributed by atoms with E-state index in [9.17, 15) is 4.79 Å². The largest absolute Gasteiger partial charge is 0.459 e. The van der Waals surface area contributed by atoms with E-state index in [0.29, 0.717) is 5.56 Å². The second-order valence-corrected chi connectivity index (χ2v) is 6.49. The number of rotatable bonds is 4. The van der Waals surface area contributed by atoms with Crippen LogP contribution in [0.1, 0.15) is 34.3 Å². The number of nitrogens with two attached hydrogens (primary N) is 1. The molecule has 0 aliphatic carbocycles. The van der Waals surface area contributed by atoms with Gasteiger partial charge in [0.25, 0.3) is 0 Å². The summed E-state index contributed by atoms with van der Waals surface area (Å²) in [7, 11) is 0. The molecule has 1 aliphatic heterocycles. The number of nitrogens with zero attached hydrogens (tertiary/aromatic N) is 1. The van der Waals surface area contributed by atoms with E-state index in [-0.39, 0.29) is 12.1 Å². The van der Waals surface area contributed by atoms with Crippen LogP contribution in [-0.2, 0) is 11.3 Å². The first kappa shape index (κ1) is 16.5. The molecule has 4 heteroatoms. The van der Waals surface area contributed by atoms with E-state index in [1.807, 2.05) is 43.3 Å². The zero-order valence-electron chi connectivity index (χ0n) is 14.1. The van der Waals surface area contributed by atoms with Gasteiger partial charge in [0.1, 0.15) is 6.10 Å². The number of hydrogen-bond acceptors (Lipinski definition) is 4. The molecule has 0 amide bonds. The van der Waals surface area contributed by atoms with Gasteiger partial charge in [-0.3, -0.25) is 4.90 Å². The first-order chi connectivity index (χ1) is 11.6. The van der Waals surface area contributed by atoms with Crippen molar-refractivity contribution in [1.82, 2.24) is 4.90 Å². The second-order valence-electron chi connectivity index (χ2n) is 6.49. The minimum atomic E-state index is -0.216. The topological polar surface area (TPSA) is 55.6 Å². The Morgan fingerprint density at radius 3 is 2.33 bits per heavy atom. The van der Waals surface area contributed by atoms with Gasteiger partial charge in [-0.1, -0.05) is 29.8 Å². The molecule has 1 saturated heterocycles. The molecule has 0 atom stereocenters. The summed E-state index contributed by atoms with van der Waals surface area (Å²) in [6, 6.07) is 15.5. The Hall–Kier alpha value is -2.33. The van der Waals surface area contributed by atoms with Crippen LogP contribution in [0.5, 0.6) is 0 Å². The van der Waals surface area contributed by atoms with Crippen molar-refractivity contribution in [3.05, 3.63) is 65.2 Å². The molecule has 24 heavy (non-hydrogen) atoms. The second kappa shape index (κ2) is 7.49. The molecule has 1 aliphatic rings. The predicted octanol–water partition coefficient (Wildman–Crippen LogP) is 3.40. The van der Waals surface area contributed by atoms with Gasteiger partial charge >= 0.3 is 5.97 Å². The van der Waals surface area contributed by atoms with Crippen LogP contribution in [0.3, 0.4) is 0 Å². The number of likely N-dealkylation sites (tertiary alicyclic amines) is 1. The fourth-order valence-corrected chi connectivity index (χ4v) is 2.98. The van der Waals surface area contributed by atoms with Crippen molar-refractivity contribution in [3.63, 3.8) is 0 Å². The van der Waals surface area contributed by atoms with Gasteiger partial charge < -0.3 is 10.5 Å². The summed E-state index contributed by atoms with van der Waals surface area (Å²) in [4.78, 5) is 14.6. The zero-order chi connectivity index (χ0) is 16.9. The average Bonchev–Trinajstić information content (AvgIpc) is 2.59. The number of carbonyl (C=O) groups excluding carboxylic acids is 1. The normalized spacial score (nSPS) is 16.0. The Morgan fingerprint density at radius 1 is 1.08 bits per heavy atom. The molecule has 0 spiro atoms. The molecule has 3 rings (SSSR count). The summed E-state index contributed by atoms with van der Waals surface area (Å²) in [5, 5.41) is 0. The summed E-state index contributed by atoms with van der Waals surface area (Å²) < 4.78 is 5.65. The van der Waals surface area contributed by atoms with E-state index in [2.05, 4.69) is 17.0 Å². The number of nitrogen functional groups attached to an aromatic ring is 1. The summed E-state index contributed by atoms with van der Waals surface area (Å²) in [6.07, 6.45) is 1.78. The van der Waals surface area contributed by atoms with E-state index in [1.54, 1.807) is 0 Å². The third-order valence-corrected chi connectivity index (χ3v) is 4.48.